The number of ketones is 1. The SMILES string of the molecule is CC(=O)CNC(=O)CC(C)CC(C)(C)C. The molecule has 0 aromatic carbocycles. The first-order chi connectivity index (χ1) is 6.70. The number of Topliss-reactive ketones (excluding diaryl/α,β-unsaturated/α-hetero) is 1. The predicted molar refractivity (Wildman–Crippen MR) is 61.5 cm³/mol. The Kier molecular flexibility index (Phi) is 5.55. The van der Waals surface area contributed by atoms with Crippen molar-refractivity contribution in [2.24, 2.45) is 11.3 Å². The molecule has 3 heteroatoms. The Morgan fingerprint density at radius 3 is 2.20 bits per heavy atom. The number of hydrogen-bond donors (Lipinski definition) is 1. The minimum Gasteiger partial charge on any atom is -0.349 e. The van der Waals surface area contributed by atoms with Crippen molar-refractivity contribution in [3.63, 3.8) is 0 Å². The summed E-state index contributed by atoms with van der Waals surface area (Å²) in [5, 5.41) is 2.61. The van der Waals surface area contributed by atoms with Gasteiger partial charge >= 0.3 is 0 Å². The van der Waals surface area contributed by atoms with Crippen LogP contribution in [-0.4, -0.2) is 18.2 Å². The van der Waals surface area contributed by atoms with Crippen molar-refractivity contribution in [1.29, 1.82) is 0 Å². The lowest BCUT2D eigenvalue weighted by Gasteiger charge is -2.22. The summed E-state index contributed by atoms with van der Waals surface area (Å²) in [6.45, 7) is 10.2. The smallest absolute Gasteiger partial charge is 0.220 e. The van der Waals surface area contributed by atoms with Gasteiger partial charge in [-0.05, 0) is 24.7 Å². The van der Waals surface area contributed by atoms with Crippen LogP contribution >= 0.6 is 0 Å². The van der Waals surface area contributed by atoms with Gasteiger partial charge in [-0.1, -0.05) is 27.7 Å². The molecule has 0 bridgehead atoms. The van der Waals surface area contributed by atoms with Gasteiger partial charge in [0.25, 0.3) is 0 Å². The van der Waals surface area contributed by atoms with Crippen molar-refractivity contribution < 1.29 is 9.59 Å². The number of carbonyl (C=O) groups is 2. The van der Waals surface area contributed by atoms with E-state index in [-0.39, 0.29) is 23.7 Å². The van der Waals surface area contributed by atoms with Gasteiger partial charge in [-0.25, -0.2) is 0 Å². The second-order valence-corrected chi connectivity index (χ2v) is 5.55. The highest BCUT2D eigenvalue weighted by Gasteiger charge is 2.17. The van der Waals surface area contributed by atoms with Crippen LogP contribution in [0.25, 0.3) is 0 Å². The highest BCUT2D eigenvalue weighted by molar-refractivity contribution is 5.84. The van der Waals surface area contributed by atoms with E-state index in [0.717, 1.165) is 6.42 Å². The maximum absolute atomic E-state index is 11.4. The van der Waals surface area contributed by atoms with Gasteiger partial charge in [0.2, 0.25) is 5.91 Å². The number of nitrogens with one attached hydrogen (secondary N) is 1. The van der Waals surface area contributed by atoms with Crippen LogP contribution in [0.15, 0.2) is 0 Å². The molecule has 0 spiro atoms. The molecule has 1 N–H and O–H groups in total. The quantitative estimate of drug-likeness (QED) is 0.760. The third-order valence-corrected chi connectivity index (χ3v) is 2.03. The molecule has 1 amide bonds. The minimum atomic E-state index is -0.0260. The largest absolute Gasteiger partial charge is 0.349 e. The van der Waals surface area contributed by atoms with Gasteiger partial charge in [-0.2, -0.15) is 0 Å². The molecule has 0 saturated carbocycles. The molecule has 0 aliphatic heterocycles. The summed E-state index contributed by atoms with van der Waals surface area (Å²) in [5.74, 6) is 0.325. The molecule has 0 saturated heterocycles. The first kappa shape index (κ1) is 14.1. The van der Waals surface area contributed by atoms with Crippen molar-refractivity contribution >= 4 is 11.7 Å². The van der Waals surface area contributed by atoms with Gasteiger partial charge < -0.3 is 5.32 Å². The fourth-order valence-electron chi connectivity index (χ4n) is 1.73. The molecule has 0 rings (SSSR count). The van der Waals surface area contributed by atoms with E-state index < -0.39 is 0 Å². The average Bonchev–Trinajstić information content (AvgIpc) is 1.96. The van der Waals surface area contributed by atoms with E-state index in [1.807, 2.05) is 0 Å². The van der Waals surface area contributed by atoms with E-state index in [1.165, 1.54) is 6.92 Å². The summed E-state index contributed by atoms with van der Waals surface area (Å²) in [4.78, 5) is 22.0. The van der Waals surface area contributed by atoms with Gasteiger partial charge in [-0.15, -0.1) is 0 Å². The maximum atomic E-state index is 11.4. The number of hydrogen-bond acceptors (Lipinski definition) is 2. The van der Waals surface area contributed by atoms with E-state index >= 15 is 0 Å². The molecule has 15 heavy (non-hydrogen) atoms. The molecular formula is C12H23NO2. The van der Waals surface area contributed by atoms with Crippen LogP contribution in [0.2, 0.25) is 0 Å². The Labute approximate surface area is 92.6 Å². The molecule has 0 aromatic rings. The lowest BCUT2D eigenvalue weighted by molar-refractivity contribution is -0.125. The van der Waals surface area contributed by atoms with Gasteiger partial charge in [0.05, 0.1) is 6.54 Å². The van der Waals surface area contributed by atoms with Gasteiger partial charge in [-0.3, -0.25) is 9.59 Å². The molecule has 1 unspecified atom stereocenters. The van der Waals surface area contributed by atoms with Crippen LogP contribution in [-0.2, 0) is 9.59 Å². The fraction of sp³-hybridized carbons (Fsp3) is 0.833. The van der Waals surface area contributed by atoms with Crippen LogP contribution in [0, 0.1) is 11.3 Å². The van der Waals surface area contributed by atoms with Gasteiger partial charge in [0.1, 0.15) is 5.78 Å². The Balaban J connectivity index is 3.81. The van der Waals surface area contributed by atoms with Crippen LogP contribution in [0.1, 0.15) is 47.5 Å². The Morgan fingerprint density at radius 2 is 1.80 bits per heavy atom. The van der Waals surface area contributed by atoms with Crippen molar-refractivity contribution in [3.8, 4) is 0 Å². The van der Waals surface area contributed by atoms with Crippen LogP contribution in [0.5, 0.6) is 0 Å². The monoisotopic (exact) mass is 213 g/mol. The van der Waals surface area contributed by atoms with Crippen LogP contribution < -0.4 is 5.32 Å². The third-order valence-electron chi connectivity index (χ3n) is 2.03. The summed E-state index contributed by atoms with van der Waals surface area (Å²) in [5.41, 5.74) is 0.250. The topological polar surface area (TPSA) is 46.2 Å². The summed E-state index contributed by atoms with van der Waals surface area (Å²) < 4.78 is 0. The molecule has 0 aromatic heterocycles. The molecule has 1 atom stereocenters. The van der Waals surface area contributed by atoms with Crippen LogP contribution in [0.3, 0.4) is 0 Å². The molecule has 3 nitrogen and oxygen atoms in total. The summed E-state index contributed by atoms with van der Waals surface area (Å²) >= 11 is 0. The van der Waals surface area contributed by atoms with Gasteiger partial charge in [0, 0.05) is 6.42 Å². The van der Waals surface area contributed by atoms with E-state index in [1.54, 1.807) is 0 Å². The molecule has 88 valence electrons. The highest BCUT2D eigenvalue weighted by Crippen LogP contribution is 2.25. The summed E-state index contributed by atoms with van der Waals surface area (Å²) in [6.07, 6.45) is 1.52. The highest BCUT2D eigenvalue weighted by atomic mass is 16.2. The molecule has 0 radical (unpaired) electrons. The number of amides is 1. The molecule has 0 heterocycles. The maximum Gasteiger partial charge on any atom is 0.220 e. The molecule has 0 aliphatic rings. The lowest BCUT2D eigenvalue weighted by Crippen LogP contribution is -2.30. The number of rotatable bonds is 5. The molecule has 0 fully saturated rings. The Morgan fingerprint density at radius 1 is 1.27 bits per heavy atom. The summed E-state index contributed by atoms with van der Waals surface area (Å²) in [6, 6.07) is 0. The van der Waals surface area contributed by atoms with Crippen LogP contribution in [0.4, 0.5) is 0 Å². The van der Waals surface area contributed by atoms with Gasteiger partial charge in [0.15, 0.2) is 0 Å². The standard InChI is InChI=1S/C12H23NO2/c1-9(7-12(3,4)5)6-11(15)13-8-10(2)14/h9H,6-8H2,1-5H3,(H,13,15). The van der Waals surface area contributed by atoms with Crippen molar-refractivity contribution in [2.75, 3.05) is 6.54 Å². The average molecular weight is 213 g/mol. The zero-order valence-electron chi connectivity index (χ0n) is 10.5. The van der Waals surface area contributed by atoms with Crippen molar-refractivity contribution in [1.82, 2.24) is 5.32 Å². The second-order valence-electron chi connectivity index (χ2n) is 5.55. The lowest BCUT2D eigenvalue weighted by atomic mass is 9.84. The zero-order valence-corrected chi connectivity index (χ0v) is 10.5. The Hall–Kier alpha value is -0.860. The molecule has 0 aliphatic carbocycles. The normalized spacial score (nSPS) is 13.4. The summed E-state index contributed by atoms with van der Waals surface area (Å²) in [7, 11) is 0. The van der Waals surface area contributed by atoms with E-state index in [2.05, 4.69) is 33.0 Å². The first-order valence-corrected chi connectivity index (χ1v) is 5.47. The fourth-order valence-corrected chi connectivity index (χ4v) is 1.73. The molecular weight excluding hydrogens is 190 g/mol. The van der Waals surface area contributed by atoms with Crippen molar-refractivity contribution in [2.45, 2.75) is 47.5 Å². The van der Waals surface area contributed by atoms with E-state index in [9.17, 15) is 9.59 Å². The van der Waals surface area contributed by atoms with E-state index in [4.69, 9.17) is 0 Å². The zero-order chi connectivity index (χ0) is 12.1. The third kappa shape index (κ3) is 9.44. The first-order valence-electron chi connectivity index (χ1n) is 5.47. The number of carbonyl (C=O) groups excluding carboxylic acids is 2. The van der Waals surface area contributed by atoms with Crippen molar-refractivity contribution in [3.05, 3.63) is 0 Å². The van der Waals surface area contributed by atoms with E-state index in [0.29, 0.717) is 12.3 Å². The second kappa shape index (κ2) is 5.89. The minimum absolute atomic E-state index is 0.00757. The predicted octanol–water partition coefficient (Wildman–Crippen LogP) is 2.15. The Bertz CT molecular complexity index is 228.